The number of likely N-dealkylation sites (tertiary alicyclic amines) is 1. The average molecular weight is 198 g/mol. The lowest BCUT2D eigenvalue weighted by Gasteiger charge is -2.38. The second-order valence-corrected chi connectivity index (χ2v) is 4.62. The van der Waals surface area contributed by atoms with E-state index in [0.29, 0.717) is 18.2 Å². The van der Waals surface area contributed by atoms with Crippen molar-refractivity contribution in [2.24, 2.45) is 5.73 Å². The normalized spacial score (nSPS) is 35.6. The first-order chi connectivity index (χ1) is 6.78. The van der Waals surface area contributed by atoms with E-state index in [1.54, 1.807) is 0 Å². The first-order valence-corrected chi connectivity index (χ1v) is 5.91. The lowest BCUT2D eigenvalue weighted by molar-refractivity contribution is -0.0792. The van der Waals surface area contributed by atoms with E-state index >= 15 is 0 Å². The van der Waals surface area contributed by atoms with Gasteiger partial charge in [0.05, 0.1) is 12.2 Å². The van der Waals surface area contributed by atoms with E-state index in [4.69, 9.17) is 10.5 Å². The molecular weight excluding hydrogens is 176 g/mol. The molecule has 1 heterocycles. The smallest absolute Gasteiger partial charge is 0.0608 e. The van der Waals surface area contributed by atoms with Gasteiger partial charge in [-0.15, -0.1) is 0 Å². The Labute approximate surface area is 86.6 Å². The molecule has 0 bridgehead atoms. The van der Waals surface area contributed by atoms with Crippen molar-refractivity contribution in [1.29, 1.82) is 0 Å². The Morgan fingerprint density at radius 2 is 1.86 bits per heavy atom. The Hall–Kier alpha value is -0.120. The zero-order valence-corrected chi connectivity index (χ0v) is 9.11. The summed E-state index contributed by atoms with van der Waals surface area (Å²) in [6.45, 7) is 5.83. The molecule has 0 aromatic carbocycles. The maximum atomic E-state index is 5.98. The monoisotopic (exact) mass is 198 g/mol. The molecule has 1 aliphatic heterocycles. The van der Waals surface area contributed by atoms with Crippen molar-refractivity contribution in [3.05, 3.63) is 0 Å². The molecule has 3 heteroatoms. The summed E-state index contributed by atoms with van der Waals surface area (Å²) in [5, 5.41) is 0. The molecule has 0 aromatic rings. The molecule has 0 radical (unpaired) electrons. The van der Waals surface area contributed by atoms with Gasteiger partial charge in [0.2, 0.25) is 0 Å². The highest BCUT2D eigenvalue weighted by molar-refractivity contribution is 4.84. The molecule has 0 atom stereocenters. The summed E-state index contributed by atoms with van der Waals surface area (Å²) in [5.41, 5.74) is 5.73. The number of hydrogen-bond donors (Lipinski definition) is 1. The van der Waals surface area contributed by atoms with Gasteiger partial charge in [-0.1, -0.05) is 6.92 Å². The molecule has 82 valence electrons. The highest BCUT2D eigenvalue weighted by Gasteiger charge is 2.30. The Kier molecular flexibility index (Phi) is 3.42. The molecule has 0 aromatic heterocycles. The van der Waals surface area contributed by atoms with E-state index in [1.807, 2.05) is 0 Å². The van der Waals surface area contributed by atoms with E-state index in [-0.39, 0.29) is 0 Å². The van der Waals surface area contributed by atoms with Gasteiger partial charge in [-0.3, -0.25) is 0 Å². The second-order valence-electron chi connectivity index (χ2n) is 4.62. The summed E-state index contributed by atoms with van der Waals surface area (Å²) in [6.07, 6.45) is 5.56. The molecule has 1 aliphatic carbocycles. The largest absolute Gasteiger partial charge is 0.375 e. The fraction of sp³-hybridized carbons (Fsp3) is 1.00. The fourth-order valence-electron chi connectivity index (χ4n) is 2.35. The van der Waals surface area contributed by atoms with Crippen LogP contribution < -0.4 is 5.73 Å². The van der Waals surface area contributed by atoms with Gasteiger partial charge < -0.3 is 15.4 Å². The minimum atomic E-state index is 0.413. The summed E-state index contributed by atoms with van der Waals surface area (Å²) >= 11 is 0. The summed E-state index contributed by atoms with van der Waals surface area (Å²) in [5.74, 6) is 0. The predicted octanol–water partition coefficient (Wildman–Crippen LogP) is 0.977. The van der Waals surface area contributed by atoms with Gasteiger partial charge in [0.15, 0.2) is 0 Å². The van der Waals surface area contributed by atoms with Crippen LogP contribution in [0.1, 0.15) is 32.6 Å². The lowest BCUT2D eigenvalue weighted by Crippen LogP contribution is -2.45. The Balaban J connectivity index is 1.64. The summed E-state index contributed by atoms with van der Waals surface area (Å²) in [4.78, 5) is 2.49. The van der Waals surface area contributed by atoms with Gasteiger partial charge >= 0.3 is 0 Å². The Morgan fingerprint density at radius 3 is 2.36 bits per heavy atom. The molecule has 2 rings (SSSR count). The number of nitrogens with zero attached hydrogens (tertiary/aromatic N) is 1. The van der Waals surface area contributed by atoms with Crippen LogP contribution in [0.5, 0.6) is 0 Å². The first kappa shape index (κ1) is 10.4. The van der Waals surface area contributed by atoms with Gasteiger partial charge in [0.1, 0.15) is 0 Å². The van der Waals surface area contributed by atoms with Gasteiger partial charge in [-0.25, -0.2) is 0 Å². The summed E-state index contributed by atoms with van der Waals surface area (Å²) in [7, 11) is 0. The second kappa shape index (κ2) is 4.60. The quantitative estimate of drug-likeness (QED) is 0.734. The third-order valence-corrected chi connectivity index (χ3v) is 3.50. The molecule has 0 spiro atoms. The van der Waals surface area contributed by atoms with Crippen molar-refractivity contribution < 1.29 is 4.74 Å². The zero-order valence-electron chi connectivity index (χ0n) is 9.11. The number of hydrogen-bond acceptors (Lipinski definition) is 3. The van der Waals surface area contributed by atoms with Crippen LogP contribution in [-0.2, 0) is 4.74 Å². The van der Waals surface area contributed by atoms with Crippen molar-refractivity contribution in [1.82, 2.24) is 4.90 Å². The predicted molar refractivity (Wildman–Crippen MR) is 57.2 cm³/mol. The van der Waals surface area contributed by atoms with Crippen LogP contribution in [0.3, 0.4) is 0 Å². The third kappa shape index (κ3) is 2.47. The van der Waals surface area contributed by atoms with Crippen molar-refractivity contribution in [3.8, 4) is 0 Å². The van der Waals surface area contributed by atoms with Gasteiger partial charge in [-0.05, 0) is 32.2 Å². The Bertz CT molecular complexity index is 172. The maximum absolute atomic E-state index is 5.98. The molecular formula is C11H22N2O. The van der Waals surface area contributed by atoms with Crippen molar-refractivity contribution in [3.63, 3.8) is 0 Å². The van der Waals surface area contributed by atoms with Crippen LogP contribution >= 0.6 is 0 Å². The first-order valence-electron chi connectivity index (χ1n) is 5.91. The Morgan fingerprint density at radius 1 is 1.21 bits per heavy atom. The molecule has 1 saturated heterocycles. The van der Waals surface area contributed by atoms with Gasteiger partial charge in [0.25, 0.3) is 0 Å². The molecule has 0 amide bonds. The van der Waals surface area contributed by atoms with E-state index in [2.05, 4.69) is 11.8 Å². The highest BCUT2D eigenvalue weighted by Crippen LogP contribution is 2.25. The SMILES string of the molecule is CCN1CCC(O[C@H]2C[C@@H](N)C2)CC1. The molecule has 2 fully saturated rings. The van der Waals surface area contributed by atoms with Crippen LogP contribution in [0.4, 0.5) is 0 Å². The molecule has 2 aliphatic rings. The molecule has 14 heavy (non-hydrogen) atoms. The molecule has 0 unspecified atom stereocenters. The lowest BCUT2D eigenvalue weighted by atomic mass is 9.90. The van der Waals surface area contributed by atoms with Crippen molar-refractivity contribution >= 4 is 0 Å². The zero-order chi connectivity index (χ0) is 9.97. The van der Waals surface area contributed by atoms with Gasteiger partial charge in [0, 0.05) is 19.1 Å². The van der Waals surface area contributed by atoms with Crippen LogP contribution in [-0.4, -0.2) is 42.8 Å². The minimum Gasteiger partial charge on any atom is -0.375 e. The van der Waals surface area contributed by atoms with E-state index in [1.165, 1.54) is 32.5 Å². The van der Waals surface area contributed by atoms with Crippen LogP contribution in [0.2, 0.25) is 0 Å². The fourth-order valence-corrected chi connectivity index (χ4v) is 2.35. The van der Waals surface area contributed by atoms with E-state index in [9.17, 15) is 0 Å². The van der Waals surface area contributed by atoms with Crippen molar-refractivity contribution in [2.45, 2.75) is 50.9 Å². The third-order valence-electron chi connectivity index (χ3n) is 3.50. The number of piperidine rings is 1. The van der Waals surface area contributed by atoms with Crippen molar-refractivity contribution in [2.75, 3.05) is 19.6 Å². The highest BCUT2D eigenvalue weighted by atomic mass is 16.5. The van der Waals surface area contributed by atoms with E-state index < -0.39 is 0 Å². The van der Waals surface area contributed by atoms with Crippen LogP contribution in [0.25, 0.3) is 0 Å². The number of ether oxygens (including phenoxy) is 1. The molecule has 1 saturated carbocycles. The molecule has 3 nitrogen and oxygen atoms in total. The topological polar surface area (TPSA) is 38.5 Å². The van der Waals surface area contributed by atoms with Crippen LogP contribution in [0.15, 0.2) is 0 Å². The summed E-state index contributed by atoms with van der Waals surface area (Å²) < 4.78 is 5.98. The average Bonchev–Trinajstić information content (AvgIpc) is 2.17. The number of nitrogens with two attached hydrogens (primary N) is 1. The van der Waals surface area contributed by atoms with E-state index in [0.717, 1.165) is 12.8 Å². The minimum absolute atomic E-state index is 0.413. The number of rotatable bonds is 3. The summed E-state index contributed by atoms with van der Waals surface area (Å²) in [6, 6.07) is 0.413. The van der Waals surface area contributed by atoms with Gasteiger partial charge in [-0.2, -0.15) is 0 Å². The standard InChI is InChI=1S/C11H22N2O/c1-2-13-5-3-10(4-6-13)14-11-7-9(12)8-11/h9-11H,2-8,12H2,1H3/t9-,11+. The van der Waals surface area contributed by atoms with Crippen LogP contribution in [0, 0.1) is 0 Å². The maximum Gasteiger partial charge on any atom is 0.0608 e. The molecule has 2 N–H and O–H groups in total.